The Hall–Kier alpha value is -2.99. The molecule has 154 valence electrons. The van der Waals surface area contributed by atoms with E-state index in [2.05, 4.69) is 28.1 Å². The summed E-state index contributed by atoms with van der Waals surface area (Å²) in [4.78, 5) is 22.7. The number of hydrogen-bond acceptors (Lipinski definition) is 6. The second kappa shape index (κ2) is 7.69. The number of fused-ring (bicyclic) bond motifs is 1. The molecule has 0 radical (unpaired) electrons. The number of carbonyl (C=O) groups excluding carboxylic acids is 1. The quantitative estimate of drug-likeness (QED) is 0.451. The number of hydrogen-bond donors (Lipinski definition) is 0. The number of benzene rings is 2. The lowest BCUT2D eigenvalue weighted by Gasteiger charge is -2.31. The molecule has 1 atom stereocenters. The Balaban J connectivity index is 2.01. The van der Waals surface area contributed by atoms with E-state index in [1.807, 2.05) is 63.6 Å². The largest absolute Gasteiger partial charge is 0.439 e. The average Bonchev–Trinajstić information content (AvgIpc) is 3.07. The number of cyclic esters (lactones) is 1. The number of anilines is 2. The maximum atomic E-state index is 12.9. The van der Waals surface area contributed by atoms with Crippen LogP contribution >= 0.6 is 11.8 Å². The minimum atomic E-state index is -1.08. The lowest BCUT2D eigenvalue weighted by Crippen LogP contribution is -2.31. The Morgan fingerprint density at radius 1 is 0.933 bits per heavy atom. The van der Waals surface area contributed by atoms with Crippen LogP contribution in [0.5, 0.6) is 0 Å². The summed E-state index contributed by atoms with van der Waals surface area (Å²) in [7, 11) is 8.04. The maximum Gasteiger partial charge on any atom is 0.341 e. The van der Waals surface area contributed by atoms with E-state index in [1.54, 1.807) is 30.1 Å². The number of ether oxygens (including phenoxy) is 1. The van der Waals surface area contributed by atoms with Crippen molar-refractivity contribution < 1.29 is 9.53 Å². The van der Waals surface area contributed by atoms with Crippen LogP contribution in [0, 0.1) is 0 Å². The van der Waals surface area contributed by atoms with Crippen LogP contribution in [-0.2, 0) is 10.3 Å². The molecule has 0 bridgehead atoms. The Kier molecular flexibility index (Phi) is 5.20. The molecule has 3 aromatic rings. The number of carbonyl (C=O) groups is 1. The third kappa shape index (κ3) is 3.12. The van der Waals surface area contributed by atoms with Crippen molar-refractivity contribution in [3.63, 3.8) is 0 Å². The van der Waals surface area contributed by atoms with E-state index in [4.69, 9.17) is 4.74 Å². The Labute approximate surface area is 181 Å². The fourth-order valence-electron chi connectivity index (χ4n) is 3.87. The molecule has 4 rings (SSSR count). The average molecular weight is 420 g/mol. The Morgan fingerprint density at radius 3 is 2.23 bits per heavy atom. The van der Waals surface area contributed by atoms with Crippen molar-refractivity contribution in [2.75, 3.05) is 44.2 Å². The first kappa shape index (κ1) is 20.3. The summed E-state index contributed by atoms with van der Waals surface area (Å²) in [6, 6.07) is 17.9. The summed E-state index contributed by atoms with van der Waals surface area (Å²) in [5.41, 5.74) is 4.04. The molecule has 0 amide bonds. The zero-order chi connectivity index (χ0) is 21.5. The van der Waals surface area contributed by atoms with Crippen molar-refractivity contribution in [2.24, 2.45) is 0 Å². The van der Waals surface area contributed by atoms with E-state index in [0.717, 1.165) is 27.4 Å². The third-order valence-electron chi connectivity index (χ3n) is 5.48. The normalized spacial score (nSPS) is 17.4. The van der Waals surface area contributed by atoms with Crippen LogP contribution in [-0.4, -0.2) is 45.4 Å². The predicted octanol–water partition coefficient (Wildman–Crippen LogP) is 4.40. The van der Waals surface area contributed by atoms with Gasteiger partial charge in [-0.1, -0.05) is 18.2 Å². The van der Waals surface area contributed by atoms with Gasteiger partial charge >= 0.3 is 5.97 Å². The molecule has 2 heterocycles. The molecule has 1 aliphatic heterocycles. The lowest BCUT2D eigenvalue weighted by molar-refractivity contribution is 0.0235. The third-order valence-corrected chi connectivity index (χ3v) is 6.26. The maximum absolute atomic E-state index is 12.9. The van der Waals surface area contributed by atoms with Crippen molar-refractivity contribution in [2.45, 2.75) is 10.5 Å². The highest BCUT2D eigenvalue weighted by Crippen LogP contribution is 2.49. The van der Waals surface area contributed by atoms with Crippen molar-refractivity contribution in [3.8, 4) is 0 Å². The number of aromatic nitrogens is 1. The van der Waals surface area contributed by atoms with E-state index in [0.29, 0.717) is 11.3 Å². The molecular weight excluding hydrogens is 394 g/mol. The fraction of sp³-hybridized carbons (Fsp3) is 0.250. The molecule has 0 N–H and O–H groups in total. The molecule has 0 aliphatic carbocycles. The highest BCUT2D eigenvalue weighted by molar-refractivity contribution is 7.98. The molecule has 0 saturated carbocycles. The summed E-state index contributed by atoms with van der Waals surface area (Å²) < 4.78 is 6.19. The molecule has 6 heteroatoms. The Bertz CT molecular complexity index is 1100. The molecule has 1 aromatic heterocycles. The number of rotatable bonds is 5. The number of nitrogens with zero attached hydrogens (tertiary/aromatic N) is 3. The molecule has 5 nitrogen and oxygen atoms in total. The summed E-state index contributed by atoms with van der Waals surface area (Å²) in [5.74, 6) is -0.349. The van der Waals surface area contributed by atoms with Gasteiger partial charge in [-0.05, 0) is 42.7 Å². The van der Waals surface area contributed by atoms with Gasteiger partial charge in [0.1, 0.15) is 5.69 Å². The van der Waals surface area contributed by atoms with Gasteiger partial charge in [-0.2, -0.15) is 0 Å². The zero-order valence-corrected chi connectivity index (χ0v) is 18.7. The Morgan fingerprint density at radius 2 is 1.60 bits per heavy atom. The van der Waals surface area contributed by atoms with Crippen molar-refractivity contribution in [1.82, 2.24) is 4.98 Å². The van der Waals surface area contributed by atoms with Gasteiger partial charge in [-0.15, -0.1) is 11.8 Å². The van der Waals surface area contributed by atoms with Gasteiger partial charge in [0.2, 0.25) is 5.60 Å². The van der Waals surface area contributed by atoms with Crippen molar-refractivity contribution >= 4 is 29.1 Å². The van der Waals surface area contributed by atoms with Crippen LogP contribution < -0.4 is 9.80 Å². The highest BCUT2D eigenvalue weighted by Gasteiger charge is 2.51. The van der Waals surface area contributed by atoms with Crippen molar-refractivity contribution in [1.29, 1.82) is 0 Å². The van der Waals surface area contributed by atoms with Crippen LogP contribution in [0.4, 0.5) is 11.4 Å². The van der Waals surface area contributed by atoms with E-state index >= 15 is 0 Å². The second-order valence-corrected chi connectivity index (χ2v) is 8.54. The molecule has 0 spiro atoms. The highest BCUT2D eigenvalue weighted by atomic mass is 32.2. The number of thioether (sulfide) groups is 1. The van der Waals surface area contributed by atoms with Crippen LogP contribution in [0.15, 0.2) is 65.7 Å². The number of esters is 1. The molecular formula is C24H25N3O2S. The fourth-order valence-corrected chi connectivity index (χ4v) is 4.54. The van der Waals surface area contributed by atoms with Crippen molar-refractivity contribution in [3.05, 3.63) is 83.2 Å². The standard InChI is InChI=1S/C24H25N3O2S/c1-26(2)17-10-8-16(9-11-17)24(22-19(23(28)29-24)7-6-14-25-22)20-13-12-18(27(3)4)15-21(20)30-5/h6-15H,1-5H3. The van der Waals surface area contributed by atoms with Gasteiger partial charge in [-0.3, -0.25) is 4.98 Å². The first-order chi connectivity index (χ1) is 14.4. The summed E-state index contributed by atoms with van der Waals surface area (Å²) >= 11 is 1.64. The number of pyridine rings is 1. The van der Waals surface area contributed by atoms with E-state index in [9.17, 15) is 4.79 Å². The van der Waals surface area contributed by atoms with Gasteiger partial charge in [0.25, 0.3) is 0 Å². The zero-order valence-electron chi connectivity index (χ0n) is 17.8. The van der Waals surface area contributed by atoms with Crippen LogP contribution in [0.1, 0.15) is 27.2 Å². The first-order valence-corrected chi connectivity index (χ1v) is 10.9. The molecule has 30 heavy (non-hydrogen) atoms. The summed E-state index contributed by atoms with van der Waals surface area (Å²) in [6.07, 6.45) is 3.76. The van der Waals surface area contributed by atoms with Gasteiger partial charge in [0, 0.05) is 61.8 Å². The molecule has 1 aliphatic rings. The van der Waals surface area contributed by atoms with Crippen LogP contribution in [0.2, 0.25) is 0 Å². The van der Waals surface area contributed by atoms with Gasteiger partial charge in [-0.25, -0.2) is 4.79 Å². The SMILES string of the molecule is CSc1cc(N(C)C)ccc1C1(c2ccc(N(C)C)cc2)OC(=O)c2cccnc21. The second-order valence-electron chi connectivity index (χ2n) is 7.69. The molecule has 0 fully saturated rings. The van der Waals surface area contributed by atoms with E-state index < -0.39 is 5.60 Å². The summed E-state index contributed by atoms with van der Waals surface area (Å²) in [6.45, 7) is 0. The predicted molar refractivity (Wildman–Crippen MR) is 123 cm³/mol. The molecule has 1 unspecified atom stereocenters. The molecule has 2 aromatic carbocycles. The molecule has 0 saturated heterocycles. The van der Waals surface area contributed by atoms with E-state index in [1.165, 1.54) is 0 Å². The topological polar surface area (TPSA) is 45.7 Å². The monoisotopic (exact) mass is 419 g/mol. The van der Waals surface area contributed by atoms with Gasteiger partial charge < -0.3 is 14.5 Å². The van der Waals surface area contributed by atoms with Crippen LogP contribution in [0.3, 0.4) is 0 Å². The first-order valence-electron chi connectivity index (χ1n) is 9.71. The van der Waals surface area contributed by atoms with Crippen LogP contribution in [0.25, 0.3) is 0 Å². The lowest BCUT2D eigenvalue weighted by atomic mass is 9.82. The van der Waals surface area contributed by atoms with Gasteiger partial charge in [0.15, 0.2) is 0 Å². The van der Waals surface area contributed by atoms with E-state index in [-0.39, 0.29) is 5.97 Å². The summed E-state index contributed by atoms with van der Waals surface area (Å²) in [5, 5.41) is 0. The van der Waals surface area contributed by atoms with Gasteiger partial charge in [0.05, 0.1) is 5.56 Å². The smallest absolute Gasteiger partial charge is 0.341 e. The minimum Gasteiger partial charge on any atom is -0.439 e. The minimum absolute atomic E-state index is 0.349.